The predicted molar refractivity (Wildman–Crippen MR) is 118 cm³/mol. The minimum atomic E-state index is 0.618. The number of rotatable bonds is 4. The molecule has 144 valence electrons. The molecule has 27 heavy (non-hydrogen) atoms. The second kappa shape index (κ2) is 9.65. The molecular weight excluding hydrogens is 350 g/mol. The first kappa shape index (κ1) is 21.1. The average Bonchev–Trinajstić information content (AvgIpc) is 3.04. The van der Waals surface area contributed by atoms with Gasteiger partial charge in [0.15, 0.2) is 10.6 Å². The van der Waals surface area contributed by atoms with Crippen LogP contribution in [-0.2, 0) is 12.8 Å². The summed E-state index contributed by atoms with van der Waals surface area (Å²) in [5, 5.41) is 7.44. The van der Waals surface area contributed by atoms with Crippen molar-refractivity contribution in [3.05, 3.63) is 63.4 Å². The minimum absolute atomic E-state index is 0.618. The number of hydrogen-bond acceptors (Lipinski definition) is 2. The fourth-order valence-electron chi connectivity index (χ4n) is 3.14. The molecule has 0 spiro atoms. The van der Waals surface area contributed by atoms with E-state index < -0.39 is 0 Å². The molecule has 0 unspecified atom stereocenters. The predicted octanol–water partition coefficient (Wildman–Crippen LogP) is 6.75. The minimum Gasteiger partial charge on any atom is -0.268 e. The second-order valence-corrected chi connectivity index (χ2v) is 7.24. The number of nitrogens with one attached hydrogen (secondary N) is 1. The summed E-state index contributed by atoms with van der Waals surface area (Å²) in [6, 6.07) is 13.0. The van der Waals surface area contributed by atoms with Gasteiger partial charge in [0, 0.05) is 5.56 Å². The number of benzene rings is 2. The smallest absolute Gasteiger partial charge is 0.200 e. The van der Waals surface area contributed by atoms with Crippen LogP contribution in [0.5, 0.6) is 0 Å². The molecule has 0 aliphatic rings. The van der Waals surface area contributed by atoms with Gasteiger partial charge < -0.3 is 0 Å². The van der Waals surface area contributed by atoms with E-state index in [9.17, 15) is 0 Å². The molecule has 1 heterocycles. The van der Waals surface area contributed by atoms with Crippen LogP contribution in [0.4, 0.5) is 0 Å². The summed E-state index contributed by atoms with van der Waals surface area (Å²) >= 11 is 5.49. The summed E-state index contributed by atoms with van der Waals surface area (Å²) in [6.07, 6.45) is 3.29. The van der Waals surface area contributed by atoms with Crippen molar-refractivity contribution >= 4 is 12.2 Å². The highest BCUT2D eigenvalue weighted by Gasteiger charge is 2.12. The molecule has 0 aliphatic carbocycles. The van der Waals surface area contributed by atoms with Crippen LogP contribution in [0.3, 0.4) is 0 Å². The van der Waals surface area contributed by atoms with E-state index in [1.54, 1.807) is 0 Å². The van der Waals surface area contributed by atoms with E-state index in [-0.39, 0.29) is 0 Å². The molecule has 0 saturated carbocycles. The zero-order valence-corrected chi connectivity index (χ0v) is 18.2. The van der Waals surface area contributed by atoms with Crippen LogP contribution < -0.4 is 0 Å². The molecular formula is C23H31N3S. The highest BCUT2D eigenvalue weighted by molar-refractivity contribution is 7.71. The molecule has 1 N–H and O–H groups in total. The third-order valence-corrected chi connectivity index (χ3v) is 4.90. The summed E-state index contributed by atoms with van der Waals surface area (Å²) in [4.78, 5) is 0. The van der Waals surface area contributed by atoms with Gasteiger partial charge in [-0.2, -0.15) is 5.10 Å². The fourth-order valence-corrected chi connectivity index (χ4v) is 3.37. The monoisotopic (exact) mass is 381 g/mol. The van der Waals surface area contributed by atoms with Crippen LogP contribution in [0.25, 0.3) is 17.1 Å². The lowest BCUT2D eigenvalue weighted by molar-refractivity contribution is 1.02. The Labute approximate surface area is 168 Å². The van der Waals surface area contributed by atoms with Crippen molar-refractivity contribution in [2.45, 2.75) is 60.8 Å². The Morgan fingerprint density at radius 3 is 2.15 bits per heavy atom. The molecule has 3 nitrogen and oxygen atoms in total. The highest BCUT2D eigenvalue weighted by Crippen LogP contribution is 2.25. The van der Waals surface area contributed by atoms with Crippen molar-refractivity contribution < 1.29 is 0 Å². The van der Waals surface area contributed by atoms with Crippen molar-refractivity contribution in [3.63, 3.8) is 0 Å². The molecule has 1 aromatic heterocycles. The molecule has 0 amide bonds. The SMILES string of the molecule is CCC.CCc1ccc(-n2c(-c3ccc(C)c(CC)c3)n[nH]c2=S)cc1C. The number of H-pyrrole nitrogens is 1. The lowest BCUT2D eigenvalue weighted by Gasteiger charge is -2.11. The van der Waals surface area contributed by atoms with Gasteiger partial charge >= 0.3 is 0 Å². The molecule has 2 aromatic carbocycles. The highest BCUT2D eigenvalue weighted by atomic mass is 32.1. The maximum absolute atomic E-state index is 5.49. The molecule has 0 saturated heterocycles. The Kier molecular flexibility index (Phi) is 7.55. The molecule has 4 heteroatoms. The number of nitrogens with zero attached hydrogens (tertiary/aromatic N) is 2. The summed E-state index contributed by atoms with van der Waals surface area (Å²) in [6.45, 7) is 12.9. The first-order chi connectivity index (χ1) is 13.0. The molecule has 0 atom stereocenters. The quantitative estimate of drug-likeness (QED) is 0.507. The van der Waals surface area contributed by atoms with Crippen LogP contribution in [-0.4, -0.2) is 14.8 Å². The van der Waals surface area contributed by atoms with Gasteiger partial charge in [-0.3, -0.25) is 9.67 Å². The number of aromatic nitrogens is 3. The van der Waals surface area contributed by atoms with Crippen LogP contribution in [0, 0.1) is 18.6 Å². The third-order valence-electron chi connectivity index (χ3n) is 4.63. The van der Waals surface area contributed by atoms with Crippen molar-refractivity contribution in [3.8, 4) is 17.1 Å². The standard InChI is InChI=1S/C20H23N3S.C3H8/c1-5-15-9-10-18(11-14(15)4)23-19(21-22-20(23)24)17-8-7-13(3)16(6-2)12-17;1-3-2/h7-12H,5-6H2,1-4H3,(H,22,24);3H2,1-2H3. The Bertz CT molecular complexity index is 950. The Morgan fingerprint density at radius 2 is 1.56 bits per heavy atom. The lowest BCUT2D eigenvalue weighted by atomic mass is 10.0. The van der Waals surface area contributed by atoms with E-state index in [2.05, 4.69) is 88.1 Å². The van der Waals surface area contributed by atoms with E-state index in [4.69, 9.17) is 12.2 Å². The number of hydrogen-bond donors (Lipinski definition) is 1. The number of aromatic amines is 1. The lowest BCUT2D eigenvalue weighted by Crippen LogP contribution is -2.00. The second-order valence-electron chi connectivity index (χ2n) is 6.85. The number of aryl methyl sites for hydroxylation is 4. The van der Waals surface area contributed by atoms with E-state index in [1.807, 2.05) is 4.57 Å². The Morgan fingerprint density at radius 1 is 0.889 bits per heavy atom. The summed E-state index contributed by atoms with van der Waals surface area (Å²) < 4.78 is 2.64. The van der Waals surface area contributed by atoms with Crippen LogP contribution in [0.2, 0.25) is 0 Å². The molecule has 3 rings (SSSR count). The Balaban J connectivity index is 0.000000817. The summed E-state index contributed by atoms with van der Waals surface area (Å²) in [5.74, 6) is 0.860. The van der Waals surface area contributed by atoms with Crippen LogP contribution in [0.1, 0.15) is 56.4 Å². The zero-order chi connectivity index (χ0) is 20.0. The Hall–Kier alpha value is -2.20. The van der Waals surface area contributed by atoms with Gasteiger partial charge in [0.1, 0.15) is 0 Å². The van der Waals surface area contributed by atoms with Gasteiger partial charge in [-0.25, -0.2) is 0 Å². The zero-order valence-electron chi connectivity index (χ0n) is 17.4. The van der Waals surface area contributed by atoms with Crippen LogP contribution in [0.15, 0.2) is 36.4 Å². The van der Waals surface area contributed by atoms with Gasteiger partial charge in [-0.1, -0.05) is 52.3 Å². The first-order valence-corrected chi connectivity index (χ1v) is 10.2. The molecule has 0 radical (unpaired) electrons. The maximum atomic E-state index is 5.49. The van der Waals surface area contributed by atoms with Crippen molar-refractivity contribution in [1.29, 1.82) is 0 Å². The van der Waals surface area contributed by atoms with Gasteiger partial charge in [0.25, 0.3) is 0 Å². The molecule has 0 fully saturated rings. The van der Waals surface area contributed by atoms with Crippen molar-refractivity contribution in [1.82, 2.24) is 14.8 Å². The topological polar surface area (TPSA) is 33.6 Å². The van der Waals surface area contributed by atoms with Gasteiger partial charge in [0.2, 0.25) is 0 Å². The van der Waals surface area contributed by atoms with Gasteiger partial charge in [-0.15, -0.1) is 0 Å². The van der Waals surface area contributed by atoms with Gasteiger partial charge in [-0.05, 0) is 79.4 Å². The maximum Gasteiger partial charge on any atom is 0.200 e. The fraction of sp³-hybridized carbons (Fsp3) is 0.391. The van der Waals surface area contributed by atoms with E-state index >= 15 is 0 Å². The molecule has 0 bridgehead atoms. The molecule has 3 aromatic rings. The molecule has 0 aliphatic heterocycles. The van der Waals surface area contributed by atoms with Crippen molar-refractivity contribution in [2.24, 2.45) is 0 Å². The van der Waals surface area contributed by atoms with Crippen molar-refractivity contribution in [2.75, 3.05) is 0 Å². The van der Waals surface area contributed by atoms with Crippen LogP contribution >= 0.6 is 12.2 Å². The average molecular weight is 382 g/mol. The normalized spacial score (nSPS) is 10.4. The summed E-state index contributed by atoms with van der Waals surface area (Å²) in [5.41, 5.74) is 7.43. The largest absolute Gasteiger partial charge is 0.268 e. The van der Waals surface area contributed by atoms with E-state index in [0.29, 0.717) is 4.77 Å². The third kappa shape index (κ3) is 4.75. The van der Waals surface area contributed by atoms with Gasteiger partial charge in [0.05, 0.1) is 5.69 Å². The summed E-state index contributed by atoms with van der Waals surface area (Å²) in [7, 11) is 0. The first-order valence-electron chi connectivity index (χ1n) is 9.83. The van der Waals surface area contributed by atoms with E-state index in [0.717, 1.165) is 29.9 Å². The van der Waals surface area contributed by atoms with E-state index in [1.165, 1.54) is 28.7 Å².